The molecule has 1 fully saturated rings. The molecule has 0 saturated carbocycles. The van der Waals surface area contributed by atoms with Gasteiger partial charge in [0.15, 0.2) is 4.80 Å². The highest BCUT2D eigenvalue weighted by Gasteiger charge is 2.30. The summed E-state index contributed by atoms with van der Waals surface area (Å²) in [4.78, 5) is 4.99. The second kappa shape index (κ2) is 9.41. The van der Waals surface area contributed by atoms with Gasteiger partial charge in [-0.05, 0) is 48.7 Å². The molecule has 1 aliphatic rings. The van der Waals surface area contributed by atoms with Gasteiger partial charge in [0.2, 0.25) is 10.0 Å². The molecule has 1 saturated heterocycles. The third-order valence-corrected chi connectivity index (χ3v) is 8.15. The van der Waals surface area contributed by atoms with Gasteiger partial charge in [0.25, 0.3) is 0 Å². The van der Waals surface area contributed by atoms with Crippen molar-refractivity contribution in [1.29, 1.82) is 0 Å². The number of nitrogens with zero attached hydrogens (tertiary/aromatic N) is 3. The molecule has 1 aromatic heterocycles. The number of hydrogen-bond acceptors (Lipinski definition) is 5. The van der Waals surface area contributed by atoms with Gasteiger partial charge < -0.3 is 9.67 Å². The summed E-state index contributed by atoms with van der Waals surface area (Å²) < 4.78 is 67.8. The Kier molecular flexibility index (Phi) is 6.76. The van der Waals surface area contributed by atoms with Crippen molar-refractivity contribution in [3.05, 3.63) is 64.3 Å². The molecule has 0 bridgehead atoms. The number of alkyl halides is 3. The lowest BCUT2D eigenvalue weighted by Gasteiger charge is -2.15. The van der Waals surface area contributed by atoms with Crippen LogP contribution in [0, 0.1) is 0 Å². The van der Waals surface area contributed by atoms with E-state index in [0.29, 0.717) is 29.1 Å². The van der Waals surface area contributed by atoms with Gasteiger partial charge in [-0.1, -0.05) is 18.2 Å². The van der Waals surface area contributed by atoms with E-state index in [-0.39, 0.29) is 23.7 Å². The summed E-state index contributed by atoms with van der Waals surface area (Å²) in [5, 5.41) is 11.3. The van der Waals surface area contributed by atoms with Crippen molar-refractivity contribution in [2.45, 2.75) is 30.5 Å². The SMILES string of the molecule is O=S(=O)(c1ccc(-c2csc(=Nc3cccc(C(F)(F)F)c3)n2CCO)cc1)N1CCCC1. The molecule has 0 aliphatic carbocycles. The first-order valence-electron chi connectivity index (χ1n) is 10.3. The molecule has 0 spiro atoms. The highest BCUT2D eigenvalue weighted by molar-refractivity contribution is 7.89. The van der Waals surface area contributed by atoms with E-state index in [1.807, 2.05) is 0 Å². The minimum absolute atomic E-state index is 0.150. The van der Waals surface area contributed by atoms with Crippen LogP contribution in [-0.2, 0) is 22.7 Å². The lowest BCUT2D eigenvalue weighted by molar-refractivity contribution is -0.137. The Morgan fingerprint density at radius 2 is 1.76 bits per heavy atom. The largest absolute Gasteiger partial charge is 0.416 e. The van der Waals surface area contributed by atoms with Gasteiger partial charge in [0.1, 0.15) is 0 Å². The van der Waals surface area contributed by atoms with E-state index in [2.05, 4.69) is 4.99 Å². The fraction of sp³-hybridized carbons (Fsp3) is 0.318. The summed E-state index contributed by atoms with van der Waals surface area (Å²) in [6.07, 6.45) is -2.76. The summed E-state index contributed by atoms with van der Waals surface area (Å²) in [5.41, 5.74) is 0.761. The summed E-state index contributed by atoms with van der Waals surface area (Å²) in [6.45, 7) is 1.03. The van der Waals surface area contributed by atoms with Gasteiger partial charge in [-0.2, -0.15) is 17.5 Å². The quantitative estimate of drug-likeness (QED) is 0.554. The van der Waals surface area contributed by atoms with Gasteiger partial charge in [-0.15, -0.1) is 11.3 Å². The van der Waals surface area contributed by atoms with Crippen molar-refractivity contribution >= 4 is 27.0 Å². The molecule has 1 aliphatic heterocycles. The molecule has 0 amide bonds. The van der Waals surface area contributed by atoms with Crippen LogP contribution in [0.4, 0.5) is 18.9 Å². The van der Waals surface area contributed by atoms with E-state index in [1.165, 1.54) is 27.8 Å². The Morgan fingerprint density at radius 3 is 2.39 bits per heavy atom. The van der Waals surface area contributed by atoms with Crippen molar-refractivity contribution < 1.29 is 26.7 Å². The number of sulfonamides is 1. The summed E-state index contributed by atoms with van der Waals surface area (Å²) in [7, 11) is -3.53. The molecule has 3 aromatic rings. The fourth-order valence-electron chi connectivity index (χ4n) is 3.70. The monoisotopic (exact) mass is 497 g/mol. The van der Waals surface area contributed by atoms with Crippen LogP contribution >= 0.6 is 11.3 Å². The van der Waals surface area contributed by atoms with Crippen LogP contribution in [0.2, 0.25) is 0 Å². The number of halogens is 3. The lowest BCUT2D eigenvalue weighted by Crippen LogP contribution is -2.27. The Hall–Kier alpha value is -2.47. The molecule has 11 heteroatoms. The van der Waals surface area contributed by atoms with Crippen LogP contribution in [-0.4, -0.2) is 42.1 Å². The van der Waals surface area contributed by atoms with Crippen molar-refractivity contribution in [2.75, 3.05) is 19.7 Å². The summed E-state index contributed by atoms with van der Waals surface area (Å²) in [5.74, 6) is 0. The van der Waals surface area contributed by atoms with E-state index in [9.17, 15) is 26.7 Å². The predicted octanol–water partition coefficient (Wildman–Crippen LogP) is 4.24. The molecule has 4 rings (SSSR count). The van der Waals surface area contributed by atoms with E-state index in [0.717, 1.165) is 25.0 Å². The maximum absolute atomic E-state index is 13.0. The first-order valence-corrected chi connectivity index (χ1v) is 12.6. The molecule has 2 aromatic carbocycles. The van der Waals surface area contributed by atoms with Crippen LogP contribution in [0.15, 0.2) is 63.8 Å². The molecule has 0 unspecified atom stereocenters. The third-order valence-electron chi connectivity index (χ3n) is 5.37. The maximum atomic E-state index is 13.0. The van der Waals surface area contributed by atoms with Crippen molar-refractivity contribution in [3.8, 4) is 11.3 Å². The first-order chi connectivity index (χ1) is 15.7. The van der Waals surface area contributed by atoms with Crippen molar-refractivity contribution in [3.63, 3.8) is 0 Å². The van der Waals surface area contributed by atoms with Crippen LogP contribution in [0.3, 0.4) is 0 Å². The average Bonchev–Trinajstić information content (AvgIpc) is 3.45. The number of aliphatic hydroxyl groups is 1. The normalized spacial score (nSPS) is 15.9. The minimum atomic E-state index is -4.47. The molecule has 176 valence electrons. The number of thiazole rings is 1. The van der Waals surface area contributed by atoms with Gasteiger partial charge in [0, 0.05) is 25.0 Å². The maximum Gasteiger partial charge on any atom is 0.416 e. The Morgan fingerprint density at radius 1 is 1.06 bits per heavy atom. The zero-order chi connectivity index (χ0) is 23.6. The molecule has 6 nitrogen and oxygen atoms in total. The van der Waals surface area contributed by atoms with E-state index < -0.39 is 21.8 Å². The zero-order valence-electron chi connectivity index (χ0n) is 17.5. The summed E-state index contributed by atoms with van der Waals surface area (Å²) >= 11 is 1.23. The molecular formula is C22H22F3N3O3S2. The van der Waals surface area contributed by atoms with Gasteiger partial charge in [-0.3, -0.25) is 0 Å². The Bertz CT molecular complexity index is 1290. The van der Waals surface area contributed by atoms with Crippen LogP contribution in [0.25, 0.3) is 11.3 Å². The highest BCUT2D eigenvalue weighted by Crippen LogP contribution is 2.31. The van der Waals surface area contributed by atoms with E-state index in [1.54, 1.807) is 34.2 Å². The molecular weight excluding hydrogens is 475 g/mol. The van der Waals surface area contributed by atoms with E-state index >= 15 is 0 Å². The van der Waals surface area contributed by atoms with Crippen molar-refractivity contribution in [2.24, 2.45) is 4.99 Å². The van der Waals surface area contributed by atoms with Crippen LogP contribution in [0.1, 0.15) is 18.4 Å². The summed E-state index contributed by atoms with van der Waals surface area (Å²) in [6, 6.07) is 11.2. The Balaban J connectivity index is 1.69. The minimum Gasteiger partial charge on any atom is -0.395 e. The molecule has 33 heavy (non-hydrogen) atoms. The number of aromatic nitrogens is 1. The topological polar surface area (TPSA) is 74.9 Å². The number of rotatable bonds is 6. The van der Waals surface area contributed by atoms with Crippen LogP contribution in [0.5, 0.6) is 0 Å². The zero-order valence-corrected chi connectivity index (χ0v) is 19.1. The number of aliphatic hydroxyl groups excluding tert-OH is 1. The molecule has 1 N–H and O–H groups in total. The molecule has 0 radical (unpaired) electrons. The van der Waals surface area contributed by atoms with Gasteiger partial charge in [-0.25, -0.2) is 13.4 Å². The number of benzene rings is 2. The second-order valence-corrected chi connectivity index (χ2v) is 10.3. The van der Waals surface area contributed by atoms with Crippen molar-refractivity contribution in [1.82, 2.24) is 8.87 Å². The lowest BCUT2D eigenvalue weighted by atomic mass is 10.2. The predicted molar refractivity (Wildman–Crippen MR) is 119 cm³/mol. The van der Waals surface area contributed by atoms with E-state index in [4.69, 9.17) is 0 Å². The highest BCUT2D eigenvalue weighted by atomic mass is 32.2. The fourth-order valence-corrected chi connectivity index (χ4v) is 6.18. The third kappa shape index (κ3) is 5.06. The average molecular weight is 498 g/mol. The number of hydrogen-bond donors (Lipinski definition) is 1. The molecule has 0 atom stereocenters. The standard InChI is InChI=1S/C22H22F3N3O3S2/c23-22(24,25)17-4-3-5-18(14-17)26-21-28(12-13-29)20(15-32-21)16-6-8-19(9-7-16)33(30,31)27-10-1-2-11-27/h3-9,14-15,29H,1-2,10-13H2. The van der Waals surface area contributed by atoms with Gasteiger partial charge in [0.05, 0.1) is 28.4 Å². The van der Waals surface area contributed by atoms with Crippen LogP contribution < -0.4 is 4.80 Å². The Labute approximate surface area is 193 Å². The second-order valence-electron chi connectivity index (χ2n) is 7.57. The van der Waals surface area contributed by atoms with Gasteiger partial charge >= 0.3 is 6.18 Å². The molecule has 2 heterocycles. The first kappa shape index (κ1) is 23.7. The smallest absolute Gasteiger partial charge is 0.395 e.